The molecule has 0 spiro atoms. The lowest BCUT2D eigenvalue weighted by Gasteiger charge is -2.36. The number of piperazine rings is 1. The van der Waals surface area contributed by atoms with E-state index in [2.05, 4.69) is 38.0 Å². The van der Waals surface area contributed by atoms with Crippen molar-refractivity contribution in [1.82, 2.24) is 24.7 Å². The number of unbranched alkanes of at least 4 members (excludes halogenated alkanes) is 1. The van der Waals surface area contributed by atoms with Crippen LogP contribution in [0, 0.1) is 0 Å². The predicted molar refractivity (Wildman–Crippen MR) is 111 cm³/mol. The van der Waals surface area contributed by atoms with Crippen LogP contribution in [-0.2, 0) is 4.79 Å². The minimum absolute atomic E-state index is 0.0235. The highest BCUT2D eigenvalue weighted by molar-refractivity contribution is 6.04. The Bertz CT molecular complexity index is 881. The van der Waals surface area contributed by atoms with Crippen LogP contribution < -0.4 is 4.90 Å². The zero-order chi connectivity index (χ0) is 19.8. The van der Waals surface area contributed by atoms with Crippen LogP contribution in [-0.4, -0.2) is 88.5 Å². The molecule has 154 valence electrons. The van der Waals surface area contributed by atoms with Crippen molar-refractivity contribution in [3.8, 4) is 0 Å². The summed E-state index contributed by atoms with van der Waals surface area (Å²) in [5.74, 6) is 0.0235. The van der Waals surface area contributed by atoms with E-state index >= 15 is 0 Å². The van der Waals surface area contributed by atoms with Crippen molar-refractivity contribution in [2.75, 3.05) is 50.7 Å². The molecule has 3 aliphatic rings. The van der Waals surface area contributed by atoms with E-state index in [9.17, 15) is 9.59 Å². The number of carbonyl (C=O) groups is 2. The van der Waals surface area contributed by atoms with E-state index in [0.717, 1.165) is 76.0 Å². The van der Waals surface area contributed by atoms with Crippen LogP contribution in [0.3, 0.4) is 0 Å². The number of hydrogen-bond acceptors (Lipinski definition) is 5. The summed E-state index contributed by atoms with van der Waals surface area (Å²) in [4.78, 5) is 40.3. The Balaban J connectivity index is 1.05. The molecular weight excluding hydrogens is 368 g/mol. The number of nitrogens with one attached hydrogen (secondary N) is 1. The minimum atomic E-state index is -0.170. The number of fused-ring (bicyclic) bond motifs is 2. The summed E-state index contributed by atoms with van der Waals surface area (Å²) < 4.78 is 0. The van der Waals surface area contributed by atoms with Gasteiger partial charge < -0.3 is 14.8 Å². The van der Waals surface area contributed by atoms with Gasteiger partial charge in [-0.2, -0.15) is 0 Å². The van der Waals surface area contributed by atoms with Gasteiger partial charge in [-0.15, -0.1) is 0 Å². The van der Waals surface area contributed by atoms with E-state index in [4.69, 9.17) is 0 Å². The highest BCUT2D eigenvalue weighted by Crippen LogP contribution is 2.27. The molecule has 2 aromatic rings. The molecule has 8 nitrogen and oxygen atoms in total. The monoisotopic (exact) mass is 396 g/mol. The Kier molecular flexibility index (Phi) is 4.87. The van der Waals surface area contributed by atoms with E-state index in [1.54, 1.807) is 11.2 Å². The summed E-state index contributed by atoms with van der Waals surface area (Å²) in [5.41, 5.74) is 3.33. The molecule has 1 N–H and O–H groups in total. The van der Waals surface area contributed by atoms with E-state index in [-0.39, 0.29) is 18.0 Å². The number of imide groups is 1. The van der Waals surface area contributed by atoms with Gasteiger partial charge in [0.2, 0.25) is 0 Å². The smallest absolute Gasteiger partial charge is 0.327 e. The van der Waals surface area contributed by atoms with E-state index < -0.39 is 0 Å². The SMILES string of the molecule is O=C1C2CCCN2C(=O)N1CCCCN1CCN(c2ccc3nc[nH]c3c2)CC1. The van der Waals surface area contributed by atoms with Gasteiger partial charge in [-0.3, -0.25) is 14.6 Å². The average Bonchev–Trinajstić information content (AvgIpc) is 3.46. The molecule has 1 aromatic carbocycles. The number of amides is 3. The van der Waals surface area contributed by atoms with Gasteiger partial charge in [0.15, 0.2) is 0 Å². The van der Waals surface area contributed by atoms with Crippen LogP contribution in [0.25, 0.3) is 11.0 Å². The van der Waals surface area contributed by atoms with Crippen LogP contribution in [0.15, 0.2) is 24.5 Å². The molecule has 3 fully saturated rings. The maximum atomic E-state index is 12.4. The molecular formula is C21H28N6O2. The first-order valence-corrected chi connectivity index (χ1v) is 10.7. The summed E-state index contributed by atoms with van der Waals surface area (Å²) in [6, 6.07) is 6.15. The molecule has 0 saturated carbocycles. The molecule has 5 rings (SSSR count). The van der Waals surface area contributed by atoms with Crippen molar-refractivity contribution < 1.29 is 9.59 Å². The van der Waals surface area contributed by atoms with E-state index in [1.165, 1.54) is 10.6 Å². The third kappa shape index (κ3) is 3.46. The van der Waals surface area contributed by atoms with Gasteiger partial charge in [-0.25, -0.2) is 9.78 Å². The fourth-order valence-corrected chi connectivity index (χ4v) is 4.84. The van der Waals surface area contributed by atoms with E-state index in [1.807, 2.05) is 0 Å². The van der Waals surface area contributed by atoms with Gasteiger partial charge in [-0.1, -0.05) is 0 Å². The largest absolute Gasteiger partial charge is 0.369 e. The Morgan fingerprint density at radius 3 is 2.69 bits per heavy atom. The van der Waals surface area contributed by atoms with Gasteiger partial charge in [0.1, 0.15) is 6.04 Å². The lowest BCUT2D eigenvalue weighted by atomic mass is 10.2. The first-order valence-electron chi connectivity index (χ1n) is 10.7. The number of imidazole rings is 1. The quantitative estimate of drug-likeness (QED) is 0.596. The number of H-pyrrole nitrogens is 1. The predicted octanol–water partition coefficient (Wildman–Crippen LogP) is 1.89. The number of hydrogen-bond donors (Lipinski definition) is 1. The zero-order valence-corrected chi connectivity index (χ0v) is 16.7. The van der Waals surface area contributed by atoms with Crippen LogP contribution in [0.5, 0.6) is 0 Å². The first kappa shape index (κ1) is 18.4. The number of urea groups is 1. The van der Waals surface area contributed by atoms with Gasteiger partial charge in [0, 0.05) is 45.0 Å². The molecule has 8 heteroatoms. The molecule has 3 amide bonds. The molecule has 29 heavy (non-hydrogen) atoms. The van der Waals surface area contributed by atoms with Gasteiger partial charge in [0.05, 0.1) is 17.4 Å². The number of rotatable bonds is 6. The molecule has 4 heterocycles. The van der Waals surface area contributed by atoms with Crippen molar-refractivity contribution in [2.24, 2.45) is 0 Å². The summed E-state index contributed by atoms with van der Waals surface area (Å²) in [6.45, 7) is 6.44. The summed E-state index contributed by atoms with van der Waals surface area (Å²) in [6.07, 6.45) is 5.42. The van der Waals surface area contributed by atoms with E-state index in [0.29, 0.717) is 6.54 Å². The first-order chi connectivity index (χ1) is 14.2. The second-order valence-electron chi connectivity index (χ2n) is 8.26. The number of benzene rings is 1. The molecule has 1 atom stereocenters. The van der Waals surface area contributed by atoms with Crippen molar-refractivity contribution in [3.63, 3.8) is 0 Å². The maximum Gasteiger partial charge on any atom is 0.327 e. The zero-order valence-electron chi connectivity index (χ0n) is 16.7. The number of aromatic nitrogens is 2. The fraction of sp³-hybridized carbons (Fsp3) is 0.571. The van der Waals surface area contributed by atoms with Crippen LogP contribution in [0.2, 0.25) is 0 Å². The summed E-state index contributed by atoms with van der Waals surface area (Å²) in [7, 11) is 0. The maximum absolute atomic E-state index is 12.4. The van der Waals surface area contributed by atoms with Crippen molar-refractivity contribution >= 4 is 28.7 Å². The van der Waals surface area contributed by atoms with Crippen LogP contribution in [0.1, 0.15) is 25.7 Å². The molecule has 1 aromatic heterocycles. The number of carbonyl (C=O) groups excluding carboxylic acids is 2. The Hall–Kier alpha value is -2.61. The number of nitrogens with zero attached hydrogens (tertiary/aromatic N) is 5. The third-order valence-corrected chi connectivity index (χ3v) is 6.53. The van der Waals surface area contributed by atoms with Crippen molar-refractivity contribution in [3.05, 3.63) is 24.5 Å². The second kappa shape index (κ2) is 7.67. The van der Waals surface area contributed by atoms with Gasteiger partial charge >= 0.3 is 6.03 Å². The van der Waals surface area contributed by atoms with Crippen molar-refractivity contribution in [2.45, 2.75) is 31.7 Å². The van der Waals surface area contributed by atoms with Crippen LogP contribution in [0.4, 0.5) is 10.5 Å². The third-order valence-electron chi connectivity index (χ3n) is 6.53. The van der Waals surface area contributed by atoms with Gasteiger partial charge in [-0.05, 0) is 50.4 Å². The highest BCUT2D eigenvalue weighted by Gasteiger charge is 2.46. The fourth-order valence-electron chi connectivity index (χ4n) is 4.84. The van der Waals surface area contributed by atoms with Gasteiger partial charge in [0.25, 0.3) is 5.91 Å². The molecule has 0 aliphatic carbocycles. The highest BCUT2D eigenvalue weighted by atomic mass is 16.2. The second-order valence-corrected chi connectivity index (χ2v) is 8.26. The Labute approximate surface area is 170 Å². The molecule has 3 aliphatic heterocycles. The van der Waals surface area contributed by atoms with Crippen molar-refractivity contribution in [1.29, 1.82) is 0 Å². The minimum Gasteiger partial charge on any atom is -0.369 e. The lowest BCUT2D eigenvalue weighted by Crippen LogP contribution is -2.46. The standard InChI is InChI=1S/C21H28N6O2/c28-20-19-4-3-9-26(19)21(29)27(20)8-2-1-7-24-10-12-25(13-11-24)16-5-6-17-18(14-16)23-15-22-17/h5-6,14-15,19H,1-4,7-13H2,(H,22,23). The molecule has 0 radical (unpaired) electrons. The van der Waals surface area contributed by atoms with Crippen LogP contribution >= 0.6 is 0 Å². The Morgan fingerprint density at radius 1 is 1.03 bits per heavy atom. The molecule has 0 bridgehead atoms. The molecule has 3 saturated heterocycles. The number of aromatic amines is 1. The average molecular weight is 396 g/mol. The number of anilines is 1. The summed E-state index contributed by atoms with van der Waals surface area (Å²) in [5, 5.41) is 0. The Morgan fingerprint density at radius 2 is 1.86 bits per heavy atom. The summed E-state index contributed by atoms with van der Waals surface area (Å²) >= 11 is 0. The molecule has 1 unspecified atom stereocenters. The lowest BCUT2D eigenvalue weighted by molar-refractivity contribution is -0.128. The topological polar surface area (TPSA) is 75.8 Å². The normalized spacial score (nSPS) is 22.9.